The van der Waals surface area contributed by atoms with E-state index in [1.807, 2.05) is 11.4 Å². The quantitative estimate of drug-likeness (QED) is 0.830. The number of amides is 3. The number of aryl methyl sites for hydroxylation is 1. The second kappa shape index (κ2) is 6.35. The van der Waals surface area contributed by atoms with Gasteiger partial charge in [-0.25, -0.2) is 4.79 Å². The number of fused-ring (bicyclic) bond motifs is 2. The molecule has 1 aromatic carbocycles. The Morgan fingerprint density at radius 3 is 2.84 bits per heavy atom. The van der Waals surface area contributed by atoms with Crippen molar-refractivity contribution in [2.75, 3.05) is 13.2 Å². The Morgan fingerprint density at radius 1 is 1.24 bits per heavy atom. The maximum Gasteiger partial charge on any atom is 0.325 e. The molecule has 2 aliphatic rings. The van der Waals surface area contributed by atoms with Crippen molar-refractivity contribution in [3.63, 3.8) is 0 Å². The molecule has 0 radical (unpaired) electrons. The van der Waals surface area contributed by atoms with E-state index in [0.29, 0.717) is 17.2 Å². The van der Waals surface area contributed by atoms with Gasteiger partial charge in [-0.3, -0.25) is 9.69 Å². The number of rotatable bonds is 4. The zero-order valence-electron chi connectivity index (χ0n) is 13.5. The molecular formula is C18H17ClN2O3S. The van der Waals surface area contributed by atoms with Gasteiger partial charge in [-0.2, -0.15) is 0 Å². The van der Waals surface area contributed by atoms with Crippen LogP contribution in [0.5, 0.6) is 5.75 Å². The summed E-state index contributed by atoms with van der Waals surface area (Å²) in [5, 5.41) is 5.56. The molecule has 7 heteroatoms. The zero-order chi connectivity index (χ0) is 17.4. The number of halogens is 1. The van der Waals surface area contributed by atoms with Gasteiger partial charge in [0.1, 0.15) is 17.9 Å². The lowest BCUT2D eigenvalue weighted by Crippen LogP contribution is -2.46. The molecule has 1 aliphatic heterocycles. The number of carbonyl (C=O) groups excluding carboxylic acids is 2. The Hall–Kier alpha value is -2.05. The Labute approximate surface area is 154 Å². The number of hydrogen-bond acceptors (Lipinski definition) is 4. The van der Waals surface area contributed by atoms with Crippen molar-refractivity contribution in [3.05, 3.63) is 51.2 Å². The summed E-state index contributed by atoms with van der Waals surface area (Å²) in [4.78, 5) is 27.9. The minimum Gasteiger partial charge on any atom is -0.492 e. The van der Waals surface area contributed by atoms with E-state index in [0.717, 1.165) is 18.4 Å². The van der Waals surface area contributed by atoms with Gasteiger partial charge < -0.3 is 10.1 Å². The molecular weight excluding hydrogens is 360 g/mol. The van der Waals surface area contributed by atoms with Crippen molar-refractivity contribution < 1.29 is 14.3 Å². The SMILES string of the molecule is O=C1N[C@]2(CCCc3sccc32)C(=O)N1CCOc1ccc(Cl)cc1. The van der Waals surface area contributed by atoms with E-state index in [1.165, 1.54) is 9.78 Å². The van der Waals surface area contributed by atoms with Crippen molar-refractivity contribution in [1.29, 1.82) is 0 Å². The second-order valence-electron chi connectivity index (χ2n) is 6.21. The van der Waals surface area contributed by atoms with Gasteiger partial charge in [0.15, 0.2) is 0 Å². The Balaban J connectivity index is 1.46. The molecule has 2 heterocycles. The predicted octanol–water partition coefficient (Wildman–Crippen LogP) is 3.56. The summed E-state index contributed by atoms with van der Waals surface area (Å²) in [5.41, 5.74) is 0.0773. The summed E-state index contributed by atoms with van der Waals surface area (Å²) in [6, 6.07) is 8.61. The summed E-state index contributed by atoms with van der Waals surface area (Å²) in [5.74, 6) is 0.487. The molecule has 1 aromatic heterocycles. The minimum absolute atomic E-state index is 0.170. The molecule has 1 spiro atoms. The summed E-state index contributed by atoms with van der Waals surface area (Å²) in [6.07, 6.45) is 2.52. The topological polar surface area (TPSA) is 58.6 Å². The van der Waals surface area contributed by atoms with Gasteiger partial charge in [0.05, 0.1) is 6.54 Å². The monoisotopic (exact) mass is 376 g/mol. The van der Waals surface area contributed by atoms with Crippen LogP contribution in [0.15, 0.2) is 35.7 Å². The number of nitrogens with one attached hydrogen (secondary N) is 1. The van der Waals surface area contributed by atoms with Crippen LogP contribution in [-0.2, 0) is 16.8 Å². The third kappa shape index (κ3) is 2.79. The molecule has 1 aliphatic carbocycles. The minimum atomic E-state index is -0.884. The first-order chi connectivity index (χ1) is 12.1. The van der Waals surface area contributed by atoms with Crippen molar-refractivity contribution in [1.82, 2.24) is 10.2 Å². The molecule has 1 atom stereocenters. The van der Waals surface area contributed by atoms with Crippen LogP contribution in [0.1, 0.15) is 23.3 Å². The van der Waals surface area contributed by atoms with Gasteiger partial charge in [0.25, 0.3) is 5.91 Å². The van der Waals surface area contributed by atoms with Crippen LogP contribution in [0.4, 0.5) is 4.79 Å². The Bertz CT molecular complexity index is 820. The maximum absolute atomic E-state index is 13.0. The summed E-state index contributed by atoms with van der Waals surface area (Å²) >= 11 is 7.49. The third-order valence-corrected chi connectivity index (χ3v) is 5.97. The highest BCUT2D eigenvalue weighted by atomic mass is 35.5. The van der Waals surface area contributed by atoms with E-state index >= 15 is 0 Å². The van der Waals surface area contributed by atoms with E-state index in [-0.39, 0.29) is 25.1 Å². The Morgan fingerprint density at radius 2 is 2.04 bits per heavy atom. The third-order valence-electron chi connectivity index (χ3n) is 4.73. The summed E-state index contributed by atoms with van der Waals surface area (Å²) < 4.78 is 5.62. The number of hydrogen-bond donors (Lipinski definition) is 1. The molecule has 5 nitrogen and oxygen atoms in total. The molecule has 2 aromatic rings. The van der Waals surface area contributed by atoms with Crippen LogP contribution >= 0.6 is 22.9 Å². The highest BCUT2D eigenvalue weighted by Gasteiger charge is 2.54. The fourth-order valence-corrected chi connectivity index (χ4v) is 4.66. The number of urea groups is 1. The molecule has 0 saturated carbocycles. The van der Waals surface area contributed by atoms with Gasteiger partial charge in [-0.05, 0) is 55.0 Å². The van der Waals surface area contributed by atoms with Gasteiger partial charge in [-0.1, -0.05) is 11.6 Å². The number of thiophene rings is 1. The molecule has 25 heavy (non-hydrogen) atoms. The summed E-state index contributed by atoms with van der Waals surface area (Å²) in [6.45, 7) is 0.460. The summed E-state index contributed by atoms with van der Waals surface area (Å²) in [7, 11) is 0. The van der Waals surface area contributed by atoms with Crippen LogP contribution in [-0.4, -0.2) is 30.0 Å². The van der Waals surface area contributed by atoms with Crippen LogP contribution in [0, 0.1) is 0 Å². The van der Waals surface area contributed by atoms with Crippen LogP contribution in [0.25, 0.3) is 0 Å². The normalized spacial score (nSPS) is 22.2. The van der Waals surface area contributed by atoms with Crippen molar-refractivity contribution >= 4 is 34.9 Å². The molecule has 130 valence electrons. The fraction of sp³-hybridized carbons (Fsp3) is 0.333. The van der Waals surface area contributed by atoms with Crippen molar-refractivity contribution in [3.8, 4) is 5.75 Å². The number of imide groups is 1. The molecule has 1 fully saturated rings. The first kappa shape index (κ1) is 16.4. The lowest BCUT2D eigenvalue weighted by Gasteiger charge is -2.31. The average molecular weight is 377 g/mol. The first-order valence-corrected chi connectivity index (χ1v) is 9.45. The van der Waals surface area contributed by atoms with Gasteiger partial charge in [0.2, 0.25) is 0 Å². The van der Waals surface area contributed by atoms with E-state index < -0.39 is 5.54 Å². The number of carbonyl (C=O) groups is 2. The number of ether oxygens (including phenoxy) is 1. The van der Waals surface area contributed by atoms with Crippen molar-refractivity contribution in [2.24, 2.45) is 0 Å². The number of benzene rings is 1. The largest absolute Gasteiger partial charge is 0.492 e. The van der Waals surface area contributed by atoms with Crippen LogP contribution < -0.4 is 10.1 Å². The maximum atomic E-state index is 13.0. The molecule has 4 rings (SSSR count). The average Bonchev–Trinajstić information content (AvgIpc) is 3.17. The van der Waals surface area contributed by atoms with E-state index in [4.69, 9.17) is 16.3 Å². The van der Waals surface area contributed by atoms with Gasteiger partial charge in [0, 0.05) is 15.5 Å². The number of nitrogens with zero attached hydrogens (tertiary/aromatic N) is 1. The van der Waals surface area contributed by atoms with E-state index in [1.54, 1.807) is 35.6 Å². The van der Waals surface area contributed by atoms with Crippen molar-refractivity contribution in [2.45, 2.75) is 24.8 Å². The van der Waals surface area contributed by atoms with E-state index in [2.05, 4.69) is 5.32 Å². The standard InChI is InChI=1S/C18H17ClN2O3S/c19-12-3-5-13(6-4-12)24-10-9-21-16(22)18(20-17(21)23)8-1-2-15-14(18)7-11-25-15/h3-7,11H,1-2,8-10H2,(H,20,23)/t18-/m0/s1. The van der Waals surface area contributed by atoms with Gasteiger partial charge >= 0.3 is 6.03 Å². The van der Waals surface area contributed by atoms with Crippen LogP contribution in [0.2, 0.25) is 5.02 Å². The first-order valence-electron chi connectivity index (χ1n) is 8.19. The highest BCUT2D eigenvalue weighted by Crippen LogP contribution is 2.41. The highest BCUT2D eigenvalue weighted by molar-refractivity contribution is 7.10. The molecule has 1 saturated heterocycles. The lowest BCUT2D eigenvalue weighted by atomic mass is 9.80. The Kier molecular flexibility index (Phi) is 4.17. The van der Waals surface area contributed by atoms with E-state index in [9.17, 15) is 9.59 Å². The smallest absolute Gasteiger partial charge is 0.325 e. The lowest BCUT2D eigenvalue weighted by molar-refractivity contribution is -0.132. The molecule has 0 unspecified atom stereocenters. The van der Waals surface area contributed by atoms with Crippen LogP contribution in [0.3, 0.4) is 0 Å². The predicted molar refractivity (Wildman–Crippen MR) is 96.1 cm³/mol. The van der Waals surface area contributed by atoms with Gasteiger partial charge in [-0.15, -0.1) is 11.3 Å². The zero-order valence-corrected chi connectivity index (χ0v) is 15.0. The second-order valence-corrected chi connectivity index (χ2v) is 7.64. The molecule has 0 bridgehead atoms. The molecule has 1 N–H and O–H groups in total. The fourth-order valence-electron chi connectivity index (χ4n) is 3.53. The molecule has 3 amide bonds.